The molecule has 4 rings (SSSR count). The van der Waals surface area contributed by atoms with Crippen LogP contribution in [0.1, 0.15) is 43.7 Å². The summed E-state index contributed by atoms with van der Waals surface area (Å²) in [5.41, 5.74) is 1.46. The Kier molecular flexibility index (Phi) is 7.70. The van der Waals surface area contributed by atoms with Crippen LogP contribution in [0.3, 0.4) is 0 Å². The van der Waals surface area contributed by atoms with Gasteiger partial charge in [0, 0.05) is 9.13 Å². The predicted octanol–water partition coefficient (Wildman–Crippen LogP) is 4.57. The lowest BCUT2D eigenvalue weighted by Crippen LogP contribution is -2.36. The standard InChI is InChI=1S/C25H26FIN4O4/c1-14(2)11-21(23-28-13-20(29-23)18-8-5-16(27)12-19(18)26)31-24(33)22(30-25(31)34)15-3-6-17(7-4-15)35-10-9-32/h3-8,12-14,21-22,32H,9-11H2,1-2H3,(H,28,29)(H,30,34)/t21-,22?/m0/s1. The fourth-order valence-corrected chi connectivity index (χ4v) is 4.52. The highest BCUT2D eigenvalue weighted by atomic mass is 127. The van der Waals surface area contributed by atoms with Gasteiger partial charge in [-0.3, -0.25) is 9.69 Å². The summed E-state index contributed by atoms with van der Waals surface area (Å²) >= 11 is 2.04. The van der Waals surface area contributed by atoms with Gasteiger partial charge in [-0.25, -0.2) is 14.2 Å². The van der Waals surface area contributed by atoms with Crippen LogP contribution in [0.4, 0.5) is 9.18 Å². The van der Waals surface area contributed by atoms with Crippen LogP contribution in [0.2, 0.25) is 0 Å². The van der Waals surface area contributed by atoms with E-state index in [1.807, 2.05) is 36.4 Å². The van der Waals surface area contributed by atoms with Gasteiger partial charge in [0.15, 0.2) is 0 Å². The van der Waals surface area contributed by atoms with E-state index in [0.717, 1.165) is 3.57 Å². The van der Waals surface area contributed by atoms with Gasteiger partial charge in [-0.1, -0.05) is 26.0 Å². The van der Waals surface area contributed by atoms with Gasteiger partial charge in [-0.15, -0.1) is 0 Å². The van der Waals surface area contributed by atoms with Crippen LogP contribution < -0.4 is 10.1 Å². The van der Waals surface area contributed by atoms with Gasteiger partial charge >= 0.3 is 6.03 Å². The van der Waals surface area contributed by atoms with E-state index in [2.05, 4.69) is 15.3 Å². The molecule has 2 aromatic carbocycles. The Bertz CT molecular complexity index is 1210. The second-order valence-corrected chi connectivity index (χ2v) is 9.93. The SMILES string of the molecule is CC(C)C[C@@H](c1ncc(-c2ccc(I)cc2F)[nH]1)N1C(=O)NC(c2ccc(OCCO)cc2)C1=O. The number of aromatic nitrogens is 2. The van der Waals surface area contributed by atoms with Crippen LogP contribution in [-0.4, -0.2) is 45.1 Å². The minimum Gasteiger partial charge on any atom is -0.491 e. The van der Waals surface area contributed by atoms with E-state index in [0.29, 0.717) is 34.8 Å². The molecule has 10 heteroatoms. The van der Waals surface area contributed by atoms with Crippen molar-refractivity contribution in [3.05, 3.63) is 69.4 Å². The average molecular weight is 592 g/mol. The third-order valence-corrected chi connectivity index (χ3v) is 6.35. The molecule has 1 unspecified atom stereocenters. The summed E-state index contributed by atoms with van der Waals surface area (Å²) in [4.78, 5) is 35.2. The van der Waals surface area contributed by atoms with Gasteiger partial charge in [-0.2, -0.15) is 0 Å². The van der Waals surface area contributed by atoms with Crippen LogP contribution in [0.15, 0.2) is 48.7 Å². The van der Waals surface area contributed by atoms with Gasteiger partial charge in [0.05, 0.1) is 24.5 Å². The van der Waals surface area contributed by atoms with Crippen LogP contribution >= 0.6 is 22.6 Å². The number of urea groups is 1. The largest absolute Gasteiger partial charge is 0.491 e. The number of aliphatic hydroxyl groups excluding tert-OH is 1. The second-order valence-electron chi connectivity index (χ2n) is 8.68. The van der Waals surface area contributed by atoms with E-state index in [1.54, 1.807) is 36.4 Å². The zero-order valence-electron chi connectivity index (χ0n) is 19.3. The average Bonchev–Trinajstić information content (AvgIpc) is 3.41. The lowest BCUT2D eigenvalue weighted by atomic mass is 10.0. The Labute approximate surface area is 216 Å². The second kappa shape index (κ2) is 10.7. The maximum absolute atomic E-state index is 14.5. The molecule has 8 nitrogen and oxygen atoms in total. The van der Waals surface area contributed by atoms with E-state index in [9.17, 15) is 14.0 Å². The zero-order chi connectivity index (χ0) is 25.1. The van der Waals surface area contributed by atoms with Gasteiger partial charge in [0.1, 0.15) is 30.0 Å². The number of carbonyl (C=O) groups excluding carboxylic acids is 2. The van der Waals surface area contributed by atoms with E-state index in [1.165, 1.54) is 17.2 Å². The number of nitrogens with zero attached hydrogens (tertiary/aromatic N) is 2. The summed E-state index contributed by atoms with van der Waals surface area (Å²) < 4.78 is 20.7. The Morgan fingerprint density at radius 2 is 1.94 bits per heavy atom. The lowest BCUT2D eigenvalue weighted by Gasteiger charge is -2.25. The summed E-state index contributed by atoms with van der Waals surface area (Å²) in [6, 6.07) is 9.71. The maximum Gasteiger partial charge on any atom is 0.325 e. The van der Waals surface area contributed by atoms with Crippen LogP contribution in [0, 0.1) is 15.3 Å². The maximum atomic E-state index is 14.5. The van der Waals surface area contributed by atoms with Gasteiger partial charge < -0.3 is 20.1 Å². The van der Waals surface area contributed by atoms with Crippen molar-refractivity contribution < 1.29 is 23.8 Å². The number of amides is 3. The highest BCUT2D eigenvalue weighted by molar-refractivity contribution is 14.1. The molecule has 0 bridgehead atoms. The number of hydrogen-bond acceptors (Lipinski definition) is 5. The molecule has 0 saturated carbocycles. The van der Waals surface area contributed by atoms with Crippen molar-refractivity contribution in [1.82, 2.24) is 20.2 Å². The number of aliphatic hydroxyl groups is 1. The first-order valence-corrected chi connectivity index (χ1v) is 12.3. The van der Waals surface area contributed by atoms with Crippen LogP contribution in [0.5, 0.6) is 5.75 Å². The molecular weight excluding hydrogens is 566 g/mol. The molecule has 0 radical (unpaired) electrons. The predicted molar refractivity (Wildman–Crippen MR) is 136 cm³/mol. The monoisotopic (exact) mass is 592 g/mol. The molecule has 35 heavy (non-hydrogen) atoms. The molecule has 3 amide bonds. The molecule has 1 aliphatic heterocycles. The van der Waals surface area contributed by atoms with Crippen molar-refractivity contribution in [3.8, 4) is 17.0 Å². The highest BCUT2D eigenvalue weighted by Gasteiger charge is 2.44. The molecule has 1 aromatic heterocycles. The number of ether oxygens (including phenoxy) is 1. The molecule has 184 valence electrons. The molecule has 3 aromatic rings. The van der Waals surface area contributed by atoms with Crippen molar-refractivity contribution in [1.29, 1.82) is 0 Å². The number of nitrogens with one attached hydrogen (secondary N) is 2. The van der Waals surface area contributed by atoms with Gasteiger partial charge in [0.2, 0.25) is 0 Å². The first kappa shape index (κ1) is 25.1. The van der Waals surface area contributed by atoms with Crippen molar-refractivity contribution in [2.45, 2.75) is 32.4 Å². The Morgan fingerprint density at radius 1 is 1.20 bits per heavy atom. The highest BCUT2D eigenvalue weighted by Crippen LogP contribution is 2.34. The Balaban J connectivity index is 1.60. The van der Waals surface area contributed by atoms with Crippen molar-refractivity contribution in [2.24, 2.45) is 5.92 Å². The molecule has 1 aliphatic rings. The first-order valence-electron chi connectivity index (χ1n) is 11.3. The molecule has 3 N–H and O–H groups in total. The third kappa shape index (κ3) is 5.48. The summed E-state index contributed by atoms with van der Waals surface area (Å²) in [6.07, 6.45) is 2.01. The van der Waals surface area contributed by atoms with E-state index < -0.39 is 18.1 Å². The number of rotatable bonds is 9. The zero-order valence-corrected chi connectivity index (χ0v) is 21.5. The number of carbonyl (C=O) groups is 2. The Morgan fingerprint density at radius 3 is 2.60 bits per heavy atom. The summed E-state index contributed by atoms with van der Waals surface area (Å²) in [5.74, 6) is 0.367. The number of halogens is 2. The molecule has 2 heterocycles. The number of H-pyrrole nitrogens is 1. The topological polar surface area (TPSA) is 108 Å². The van der Waals surface area contributed by atoms with Gasteiger partial charge in [0.25, 0.3) is 5.91 Å². The number of aromatic amines is 1. The summed E-state index contributed by atoms with van der Waals surface area (Å²) in [6.45, 7) is 4.06. The molecule has 1 fully saturated rings. The van der Waals surface area contributed by atoms with E-state index in [-0.39, 0.29) is 30.9 Å². The van der Waals surface area contributed by atoms with Crippen LogP contribution in [-0.2, 0) is 4.79 Å². The van der Waals surface area contributed by atoms with Crippen LogP contribution in [0.25, 0.3) is 11.3 Å². The fourth-order valence-electron chi connectivity index (χ4n) is 4.07. The number of imide groups is 1. The smallest absolute Gasteiger partial charge is 0.325 e. The van der Waals surface area contributed by atoms with Crippen molar-refractivity contribution in [3.63, 3.8) is 0 Å². The molecule has 1 saturated heterocycles. The third-order valence-electron chi connectivity index (χ3n) is 5.68. The fraction of sp³-hybridized carbons (Fsp3) is 0.320. The first-order chi connectivity index (χ1) is 16.8. The number of imidazole rings is 1. The number of hydrogen-bond donors (Lipinski definition) is 3. The molecular formula is C25H26FIN4O4. The van der Waals surface area contributed by atoms with Gasteiger partial charge in [-0.05, 0) is 70.8 Å². The quantitative estimate of drug-likeness (QED) is 0.249. The van der Waals surface area contributed by atoms with E-state index in [4.69, 9.17) is 9.84 Å². The van der Waals surface area contributed by atoms with Crippen molar-refractivity contribution >= 4 is 34.5 Å². The molecule has 2 atom stereocenters. The minimum atomic E-state index is -0.841. The number of benzene rings is 2. The summed E-state index contributed by atoms with van der Waals surface area (Å²) in [5, 5.41) is 11.7. The lowest BCUT2D eigenvalue weighted by molar-refractivity contribution is -0.129. The Hall–Kier alpha value is -2.99. The molecule has 0 spiro atoms. The normalized spacial score (nSPS) is 16.6. The van der Waals surface area contributed by atoms with E-state index >= 15 is 0 Å². The minimum absolute atomic E-state index is 0.101. The van der Waals surface area contributed by atoms with Crippen molar-refractivity contribution in [2.75, 3.05) is 13.2 Å². The summed E-state index contributed by atoms with van der Waals surface area (Å²) in [7, 11) is 0. The molecule has 0 aliphatic carbocycles.